The average molecular weight is 134 g/mol. The van der Waals surface area contributed by atoms with Crippen molar-refractivity contribution in [1.29, 1.82) is 0 Å². The summed E-state index contributed by atoms with van der Waals surface area (Å²) < 4.78 is 10.5. The Kier molecular flexibility index (Phi) is 4.67. The van der Waals surface area contributed by atoms with Crippen molar-refractivity contribution in [2.24, 2.45) is 0 Å². The van der Waals surface area contributed by atoms with Crippen LogP contribution >= 0.6 is 0 Å². The van der Waals surface area contributed by atoms with Crippen LogP contribution in [0.15, 0.2) is 0 Å². The Balaban J connectivity index is 0.000000640. The van der Waals surface area contributed by atoms with Gasteiger partial charge < -0.3 is 14.9 Å². The summed E-state index contributed by atoms with van der Waals surface area (Å²) in [6, 6.07) is 0. The van der Waals surface area contributed by atoms with Crippen molar-refractivity contribution in [3.05, 3.63) is 0 Å². The van der Waals surface area contributed by atoms with Gasteiger partial charge in [-0.05, 0) is 6.42 Å². The van der Waals surface area contributed by atoms with Crippen molar-refractivity contribution in [1.82, 2.24) is 0 Å². The lowest BCUT2D eigenvalue weighted by Gasteiger charge is -2.20. The third-order valence-corrected chi connectivity index (χ3v) is 1.34. The van der Waals surface area contributed by atoms with Crippen LogP contribution in [0.5, 0.6) is 0 Å². The van der Waals surface area contributed by atoms with Gasteiger partial charge >= 0.3 is 0 Å². The molecular weight excluding hydrogens is 120 g/mol. The first-order valence-electron chi connectivity index (χ1n) is 3.13. The number of hydrogen-bond donors (Lipinski definition) is 0. The summed E-state index contributed by atoms with van der Waals surface area (Å²) >= 11 is 0. The minimum Gasteiger partial charge on any atom is -0.412 e. The second-order valence-corrected chi connectivity index (χ2v) is 1.98. The van der Waals surface area contributed by atoms with E-state index in [1.165, 1.54) is 0 Å². The summed E-state index contributed by atoms with van der Waals surface area (Å²) in [4.78, 5) is 0. The predicted molar refractivity (Wildman–Crippen MR) is 34.5 cm³/mol. The van der Waals surface area contributed by atoms with E-state index >= 15 is 0 Å². The Labute approximate surface area is 55.3 Å². The molecule has 56 valence electrons. The molecule has 3 nitrogen and oxygen atoms in total. The summed E-state index contributed by atoms with van der Waals surface area (Å²) in [7, 11) is 0. The zero-order valence-corrected chi connectivity index (χ0v) is 5.72. The van der Waals surface area contributed by atoms with E-state index in [1.807, 2.05) is 0 Å². The van der Waals surface area contributed by atoms with Gasteiger partial charge in [-0.2, -0.15) is 0 Å². The molecule has 0 amide bonds. The van der Waals surface area contributed by atoms with Crippen molar-refractivity contribution >= 4 is 0 Å². The number of rotatable bonds is 1. The van der Waals surface area contributed by atoms with Crippen LogP contribution in [0, 0.1) is 0 Å². The first-order valence-corrected chi connectivity index (χ1v) is 3.13. The molecule has 0 spiro atoms. The molecule has 3 heteroatoms. The quantitative estimate of drug-likeness (QED) is 0.506. The highest BCUT2D eigenvalue weighted by molar-refractivity contribution is 4.56. The monoisotopic (exact) mass is 134 g/mol. The number of hydrogen-bond acceptors (Lipinski definition) is 2. The summed E-state index contributed by atoms with van der Waals surface area (Å²) in [5, 5.41) is 0. The highest BCUT2D eigenvalue weighted by Gasteiger charge is 2.10. The second-order valence-electron chi connectivity index (χ2n) is 1.98. The molecule has 1 unspecified atom stereocenters. The van der Waals surface area contributed by atoms with Gasteiger partial charge in [0.1, 0.15) is 0 Å². The van der Waals surface area contributed by atoms with E-state index in [0.29, 0.717) is 6.10 Å². The third kappa shape index (κ3) is 2.79. The number of ether oxygens (including phenoxy) is 2. The molecule has 9 heavy (non-hydrogen) atoms. The lowest BCUT2D eigenvalue weighted by molar-refractivity contribution is -0.0887. The Morgan fingerprint density at radius 2 is 2.22 bits per heavy atom. The largest absolute Gasteiger partial charge is 0.412 e. The lowest BCUT2D eigenvalue weighted by atomic mass is 10.3. The van der Waals surface area contributed by atoms with Crippen molar-refractivity contribution in [3.63, 3.8) is 0 Å². The molecule has 0 saturated carbocycles. The van der Waals surface area contributed by atoms with E-state index in [-0.39, 0.29) is 5.48 Å². The lowest BCUT2D eigenvalue weighted by Crippen LogP contribution is -2.27. The average Bonchev–Trinajstić information content (AvgIpc) is 1.90. The van der Waals surface area contributed by atoms with Crippen LogP contribution < -0.4 is 0 Å². The zero-order valence-electron chi connectivity index (χ0n) is 5.72. The predicted octanol–water partition coefficient (Wildman–Crippen LogP) is -0.0129. The fourth-order valence-corrected chi connectivity index (χ4v) is 0.772. The van der Waals surface area contributed by atoms with Gasteiger partial charge in [0.15, 0.2) is 0 Å². The summed E-state index contributed by atoms with van der Waals surface area (Å²) in [5.74, 6) is 0. The van der Waals surface area contributed by atoms with E-state index in [1.54, 1.807) is 0 Å². The molecule has 1 heterocycles. The fourth-order valence-electron chi connectivity index (χ4n) is 0.772. The van der Waals surface area contributed by atoms with Crippen LogP contribution in [0.4, 0.5) is 0 Å². The Hall–Kier alpha value is -0.120. The fraction of sp³-hybridized carbons (Fsp3) is 1.00. The molecule has 1 fully saturated rings. The Bertz CT molecular complexity index is 59.3. The van der Waals surface area contributed by atoms with E-state index < -0.39 is 0 Å². The normalized spacial score (nSPS) is 27.0. The molecular formula is C6H14O3. The maximum atomic E-state index is 5.30. The molecule has 0 aliphatic carbocycles. The van der Waals surface area contributed by atoms with Gasteiger partial charge in [0, 0.05) is 0 Å². The molecule has 2 N–H and O–H groups in total. The molecule has 0 aromatic heterocycles. The smallest absolute Gasteiger partial charge is 0.0807 e. The van der Waals surface area contributed by atoms with Crippen LogP contribution in [-0.2, 0) is 9.47 Å². The van der Waals surface area contributed by atoms with Crippen LogP contribution in [0.3, 0.4) is 0 Å². The molecule has 1 saturated heterocycles. The minimum absolute atomic E-state index is 0. The third-order valence-electron chi connectivity index (χ3n) is 1.34. The van der Waals surface area contributed by atoms with Crippen molar-refractivity contribution in [2.75, 3.05) is 19.8 Å². The van der Waals surface area contributed by atoms with Crippen LogP contribution in [0.1, 0.15) is 13.3 Å². The van der Waals surface area contributed by atoms with E-state index in [0.717, 1.165) is 26.2 Å². The van der Waals surface area contributed by atoms with Crippen LogP contribution in [0.2, 0.25) is 0 Å². The van der Waals surface area contributed by atoms with E-state index in [9.17, 15) is 0 Å². The molecule has 1 aliphatic rings. The van der Waals surface area contributed by atoms with Crippen LogP contribution in [0.25, 0.3) is 0 Å². The van der Waals surface area contributed by atoms with Gasteiger partial charge in [-0.15, -0.1) is 0 Å². The second kappa shape index (κ2) is 4.73. The maximum absolute atomic E-state index is 5.30. The van der Waals surface area contributed by atoms with Crippen molar-refractivity contribution in [2.45, 2.75) is 19.4 Å². The van der Waals surface area contributed by atoms with Crippen molar-refractivity contribution < 1.29 is 14.9 Å². The van der Waals surface area contributed by atoms with Gasteiger partial charge in [-0.25, -0.2) is 0 Å². The standard InChI is InChI=1S/C6H12O2.H2O/c1-2-6-5-7-3-4-8-6;/h6H,2-5H2,1H3;1H2. The van der Waals surface area contributed by atoms with Gasteiger partial charge in [0.2, 0.25) is 0 Å². The van der Waals surface area contributed by atoms with E-state index in [2.05, 4.69) is 6.92 Å². The molecule has 1 atom stereocenters. The highest BCUT2D eigenvalue weighted by atomic mass is 16.6. The van der Waals surface area contributed by atoms with Crippen molar-refractivity contribution in [3.8, 4) is 0 Å². The molecule has 1 rings (SSSR count). The van der Waals surface area contributed by atoms with Gasteiger partial charge in [0.05, 0.1) is 25.9 Å². The van der Waals surface area contributed by atoms with E-state index in [4.69, 9.17) is 9.47 Å². The Morgan fingerprint density at radius 1 is 1.44 bits per heavy atom. The maximum Gasteiger partial charge on any atom is 0.0807 e. The first kappa shape index (κ1) is 8.88. The molecule has 0 radical (unpaired) electrons. The van der Waals surface area contributed by atoms with Gasteiger partial charge in [-0.1, -0.05) is 6.92 Å². The highest BCUT2D eigenvalue weighted by Crippen LogP contribution is 2.02. The molecule has 0 aromatic carbocycles. The molecule has 1 aliphatic heterocycles. The van der Waals surface area contributed by atoms with Crippen LogP contribution in [-0.4, -0.2) is 31.4 Å². The zero-order chi connectivity index (χ0) is 5.82. The summed E-state index contributed by atoms with van der Waals surface area (Å²) in [5.41, 5.74) is 0. The Morgan fingerprint density at radius 3 is 2.56 bits per heavy atom. The summed E-state index contributed by atoms with van der Waals surface area (Å²) in [6.45, 7) is 4.45. The van der Waals surface area contributed by atoms with Gasteiger partial charge in [-0.3, -0.25) is 0 Å². The SMILES string of the molecule is CCC1COCCO1.O. The molecule has 0 bridgehead atoms. The first-order chi connectivity index (χ1) is 3.93. The summed E-state index contributed by atoms with van der Waals surface area (Å²) in [6.07, 6.45) is 1.43. The van der Waals surface area contributed by atoms with Gasteiger partial charge in [0.25, 0.3) is 0 Å². The minimum atomic E-state index is 0. The topological polar surface area (TPSA) is 50.0 Å². The molecule has 0 aromatic rings.